The number of hydrogen-bond donors (Lipinski definition) is 2. The zero-order chi connectivity index (χ0) is 23.8. The van der Waals surface area contributed by atoms with Crippen LogP contribution in [0.2, 0.25) is 0 Å². The minimum atomic E-state index is -4.59. The highest BCUT2D eigenvalue weighted by molar-refractivity contribution is 7.12. The van der Waals surface area contributed by atoms with Gasteiger partial charge in [0.2, 0.25) is 5.13 Å². The summed E-state index contributed by atoms with van der Waals surface area (Å²) in [6.07, 6.45) is -2.15. The lowest BCUT2D eigenvalue weighted by Gasteiger charge is -2.07. The molecule has 7 nitrogen and oxygen atoms in total. The van der Waals surface area contributed by atoms with Crippen LogP contribution in [0.4, 0.5) is 13.2 Å². The molecule has 0 saturated heterocycles. The number of H-pyrrole nitrogens is 1. The number of thiazole rings is 1. The van der Waals surface area contributed by atoms with Crippen LogP contribution >= 0.6 is 11.3 Å². The highest BCUT2D eigenvalue weighted by Gasteiger charge is 2.37. The minimum absolute atomic E-state index is 0.0110. The van der Waals surface area contributed by atoms with Gasteiger partial charge in [0.15, 0.2) is 5.69 Å². The van der Waals surface area contributed by atoms with Crippen LogP contribution < -0.4 is 10.1 Å². The van der Waals surface area contributed by atoms with Gasteiger partial charge in [0.1, 0.15) is 11.4 Å². The number of methoxy groups -OCH3 is 1. The Morgan fingerprint density at radius 1 is 1.30 bits per heavy atom. The van der Waals surface area contributed by atoms with Crippen molar-refractivity contribution in [2.75, 3.05) is 13.7 Å². The topological polar surface area (TPSA) is 84.8 Å². The quantitative estimate of drug-likeness (QED) is 0.395. The summed E-state index contributed by atoms with van der Waals surface area (Å²) in [4.78, 5) is 19.8. The van der Waals surface area contributed by atoms with Crippen molar-refractivity contribution >= 4 is 28.1 Å². The van der Waals surface area contributed by atoms with E-state index in [4.69, 9.17) is 4.74 Å². The average molecular weight is 478 g/mol. The first-order chi connectivity index (χ1) is 15.7. The Kier molecular flexibility index (Phi) is 6.15. The maximum absolute atomic E-state index is 13.5. The molecule has 0 aliphatic rings. The molecule has 2 N–H and O–H groups in total. The first-order valence-corrected chi connectivity index (χ1v) is 11.1. The minimum Gasteiger partial charge on any atom is -0.497 e. The van der Waals surface area contributed by atoms with Gasteiger partial charge in [0, 0.05) is 29.0 Å². The number of halogens is 3. The predicted molar refractivity (Wildman–Crippen MR) is 119 cm³/mol. The van der Waals surface area contributed by atoms with Gasteiger partial charge in [-0.15, -0.1) is 11.3 Å². The Hall–Kier alpha value is -3.34. The number of nitrogens with zero attached hydrogens (tertiary/aromatic N) is 3. The Labute approximate surface area is 191 Å². The molecule has 4 aromatic rings. The third-order valence-electron chi connectivity index (χ3n) is 5.17. The first kappa shape index (κ1) is 22.8. The van der Waals surface area contributed by atoms with E-state index in [1.807, 2.05) is 24.4 Å². The van der Waals surface area contributed by atoms with Crippen molar-refractivity contribution in [1.29, 1.82) is 0 Å². The number of carbonyl (C=O) groups is 1. The lowest BCUT2D eigenvalue weighted by molar-refractivity contribution is -0.142. The van der Waals surface area contributed by atoms with Crippen LogP contribution in [0.3, 0.4) is 0 Å². The van der Waals surface area contributed by atoms with Gasteiger partial charge in [-0.05, 0) is 42.2 Å². The van der Waals surface area contributed by atoms with Crippen molar-refractivity contribution in [1.82, 2.24) is 25.1 Å². The fraction of sp³-hybridized carbons (Fsp3) is 0.318. The Morgan fingerprint density at radius 3 is 2.79 bits per heavy atom. The highest BCUT2D eigenvalue weighted by Crippen LogP contribution is 2.33. The molecule has 1 amide bonds. The number of carbonyl (C=O) groups excluding carboxylic acids is 1. The van der Waals surface area contributed by atoms with E-state index >= 15 is 0 Å². The maximum atomic E-state index is 13.5. The van der Waals surface area contributed by atoms with Gasteiger partial charge < -0.3 is 15.0 Å². The van der Waals surface area contributed by atoms with Gasteiger partial charge in [-0.2, -0.15) is 18.3 Å². The number of rotatable bonds is 7. The summed E-state index contributed by atoms with van der Waals surface area (Å²) in [6, 6.07) is 6.71. The molecule has 0 atom stereocenters. The molecule has 0 radical (unpaired) electrons. The summed E-state index contributed by atoms with van der Waals surface area (Å²) in [5, 5.41) is 9.25. The summed E-state index contributed by atoms with van der Waals surface area (Å²) in [5.41, 5.74) is 1.41. The van der Waals surface area contributed by atoms with Crippen molar-refractivity contribution in [3.8, 4) is 10.9 Å². The van der Waals surface area contributed by atoms with Crippen LogP contribution in [0.1, 0.15) is 47.2 Å². The molecule has 0 spiro atoms. The third-order valence-corrected chi connectivity index (χ3v) is 5.99. The number of hydrogen-bond acceptors (Lipinski definition) is 5. The van der Waals surface area contributed by atoms with Gasteiger partial charge in [-0.25, -0.2) is 9.67 Å². The third kappa shape index (κ3) is 4.72. The lowest BCUT2D eigenvalue weighted by atomic mass is 10.1. The van der Waals surface area contributed by atoms with E-state index in [-0.39, 0.29) is 16.7 Å². The van der Waals surface area contributed by atoms with Crippen LogP contribution in [-0.4, -0.2) is 39.3 Å². The molecule has 0 fully saturated rings. The molecular weight excluding hydrogens is 455 g/mol. The first-order valence-electron chi connectivity index (χ1n) is 10.2. The molecule has 0 aliphatic heterocycles. The zero-order valence-corrected chi connectivity index (χ0v) is 19.0. The monoisotopic (exact) mass is 477 g/mol. The second kappa shape index (κ2) is 8.89. The molecule has 174 valence electrons. The summed E-state index contributed by atoms with van der Waals surface area (Å²) >= 11 is 0.933. The van der Waals surface area contributed by atoms with Crippen molar-refractivity contribution in [2.24, 2.45) is 0 Å². The Morgan fingerprint density at radius 2 is 2.09 bits per heavy atom. The molecule has 3 heterocycles. The molecular formula is C22H22F3N5O2S. The van der Waals surface area contributed by atoms with E-state index in [0.29, 0.717) is 18.7 Å². The standard InChI is InChI=1S/C22H22F3N5O2S/c1-12(2)17-9-19(22(23,24)25)30(29-17)21-28-18(11-33-21)20(31)26-7-6-13-10-27-16-5-4-14(32-3)8-15(13)16/h4-5,8-12,27H,6-7H2,1-3H3,(H,26,31). The van der Waals surface area contributed by atoms with Crippen LogP contribution in [0.5, 0.6) is 5.75 Å². The zero-order valence-electron chi connectivity index (χ0n) is 18.2. The number of nitrogens with one attached hydrogen (secondary N) is 2. The van der Waals surface area contributed by atoms with Crippen LogP contribution in [0.25, 0.3) is 16.0 Å². The van der Waals surface area contributed by atoms with E-state index in [1.54, 1.807) is 21.0 Å². The fourth-order valence-corrected chi connectivity index (χ4v) is 4.15. The van der Waals surface area contributed by atoms with E-state index in [2.05, 4.69) is 20.4 Å². The molecule has 0 bridgehead atoms. The molecule has 4 rings (SSSR count). The van der Waals surface area contributed by atoms with Crippen LogP contribution in [-0.2, 0) is 12.6 Å². The molecule has 33 heavy (non-hydrogen) atoms. The summed E-state index contributed by atoms with van der Waals surface area (Å²) in [7, 11) is 1.60. The van der Waals surface area contributed by atoms with Crippen molar-refractivity contribution in [3.05, 3.63) is 58.5 Å². The predicted octanol–water partition coefficient (Wildman–Crippen LogP) is 4.93. The largest absolute Gasteiger partial charge is 0.497 e. The Bertz CT molecular complexity index is 1290. The summed E-state index contributed by atoms with van der Waals surface area (Å²) in [6.45, 7) is 3.86. The fourth-order valence-electron chi connectivity index (χ4n) is 3.39. The molecule has 11 heteroatoms. The smallest absolute Gasteiger partial charge is 0.433 e. The van der Waals surface area contributed by atoms with Crippen LogP contribution in [0, 0.1) is 0 Å². The van der Waals surface area contributed by atoms with E-state index < -0.39 is 17.8 Å². The second-order valence-corrected chi connectivity index (χ2v) is 8.60. The average Bonchev–Trinajstić information content (AvgIpc) is 3.50. The van der Waals surface area contributed by atoms with Gasteiger partial charge >= 0.3 is 6.18 Å². The summed E-state index contributed by atoms with van der Waals surface area (Å²) < 4.78 is 46.4. The molecule has 0 unspecified atom stereocenters. The number of aromatic amines is 1. The van der Waals surface area contributed by atoms with Gasteiger partial charge in [-0.1, -0.05) is 13.8 Å². The number of alkyl halides is 3. The molecule has 3 aromatic heterocycles. The Balaban J connectivity index is 1.46. The SMILES string of the molecule is COc1ccc2[nH]cc(CCNC(=O)c3csc(-n4nc(C(C)C)cc4C(F)(F)F)n3)c2c1. The normalized spacial score (nSPS) is 12.0. The molecule has 1 aromatic carbocycles. The van der Waals surface area contributed by atoms with E-state index in [0.717, 1.165) is 44.3 Å². The number of fused-ring (bicyclic) bond motifs is 1. The number of aromatic nitrogens is 4. The summed E-state index contributed by atoms with van der Waals surface area (Å²) in [5.74, 6) is 0.0964. The second-order valence-electron chi connectivity index (χ2n) is 7.77. The number of ether oxygens (including phenoxy) is 1. The van der Waals surface area contributed by atoms with Gasteiger partial charge in [-0.3, -0.25) is 4.79 Å². The van der Waals surface area contributed by atoms with Crippen molar-refractivity contribution in [3.63, 3.8) is 0 Å². The van der Waals surface area contributed by atoms with E-state index in [9.17, 15) is 18.0 Å². The van der Waals surface area contributed by atoms with Crippen molar-refractivity contribution in [2.45, 2.75) is 32.4 Å². The van der Waals surface area contributed by atoms with Gasteiger partial charge in [0.05, 0.1) is 12.8 Å². The number of benzene rings is 1. The molecule has 0 aliphatic carbocycles. The molecule has 0 saturated carbocycles. The van der Waals surface area contributed by atoms with Crippen molar-refractivity contribution < 1.29 is 22.7 Å². The maximum Gasteiger partial charge on any atom is 0.433 e. The lowest BCUT2D eigenvalue weighted by Crippen LogP contribution is -2.26. The van der Waals surface area contributed by atoms with E-state index in [1.165, 1.54) is 5.38 Å². The number of amides is 1. The van der Waals surface area contributed by atoms with Gasteiger partial charge in [0.25, 0.3) is 5.91 Å². The van der Waals surface area contributed by atoms with Crippen LogP contribution in [0.15, 0.2) is 35.8 Å². The highest BCUT2D eigenvalue weighted by atomic mass is 32.1.